The Morgan fingerprint density at radius 2 is 2.07 bits per heavy atom. The van der Waals surface area contributed by atoms with E-state index in [1.807, 2.05) is 40.7 Å². The number of benzene rings is 1. The van der Waals surface area contributed by atoms with E-state index < -0.39 is 6.10 Å². The number of nitrogens with zero attached hydrogens (tertiary/aromatic N) is 5. The van der Waals surface area contributed by atoms with Gasteiger partial charge in [-0.1, -0.05) is 12.1 Å². The first kappa shape index (κ1) is 18.4. The average molecular weight is 380 g/mol. The fourth-order valence-electron chi connectivity index (χ4n) is 3.84. The summed E-state index contributed by atoms with van der Waals surface area (Å²) in [5.74, 6) is 0.900. The minimum Gasteiger partial charge on any atom is -0.391 e. The summed E-state index contributed by atoms with van der Waals surface area (Å²) in [5.41, 5.74) is 1.48. The molecule has 0 aliphatic heterocycles. The number of carbonyl (C=O) groups is 1. The molecule has 2 aromatic heterocycles. The standard InChI is InChI=1S/C20H24N6O2/c1-2-26-19(21-13-23-26)15-4-6-16(7-5-15)20(28)24-17-10-14(11-18(17)27)12-25-9-3-8-22-25/h3-9,13-14,17-18,27H,2,10-12H2,1H3,(H,24,28)/t14?,17-,18-/m1/s1. The highest BCUT2D eigenvalue weighted by Crippen LogP contribution is 2.28. The van der Waals surface area contributed by atoms with E-state index >= 15 is 0 Å². The van der Waals surface area contributed by atoms with Gasteiger partial charge in [-0.15, -0.1) is 0 Å². The number of amides is 1. The third-order valence-corrected chi connectivity index (χ3v) is 5.27. The highest BCUT2D eigenvalue weighted by atomic mass is 16.3. The quantitative estimate of drug-likeness (QED) is 0.679. The lowest BCUT2D eigenvalue weighted by Gasteiger charge is -2.16. The van der Waals surface area contributed by atoms with E-state index in [2.05, 4.69) is 20.5 Å². The average Bonchev–Trinajstić information content (AvgIpc) is 3.44. The van der Waals surface area contributed by atoms with Crippen LogP contribution in [0.15, 0.2) is 49.1 Å². The zero-order chi connectivity index (χ0) is 19.5. The van der Waals surface area contributed by atoms with Gasteiger partial charge in [-0.3, -0.25) is 9.48 Å². The maximum Gasteiger partial charge on any atom is 0.251 e. The first-order valence-corrected chi connectivity index (χ1v) is 9.58. The fraction of sp³-hybridized carbons (Fsp3) is 0.400. The SMILES string of the molecule is CCn1ncnc1-c1ccc(C(=O)N[C@@H]2CC(Cn3cccn3)C[C@H]2O)cc1. The summed E-state index contributed by atoms with van der Waals surface area (Å²) in [6.45, 7) is 3.49. The predicted molar refractivity (Wildman–Crippen MR) is 103 cm³/mol. The molecule has 8 nitrogen and oxygen atoms in total. The molecule has 1 aliphatic carbocycles. The summed E-state index contributed by atoms with van der Waals surface area (Å²) < 4.78 is 3.68. The summed E-state index contributed by atoms with van der Waals surface area (Å²) in [7, 11) is 0. The normalized spacial score (nSPS) is 21.7. The molecule has 0 spiro atoms. The van der Waals surface area contributed by atoms with E-state index in [1.165, 1.54) is 6.33 Å². The summed E-state index contributed by atoms with van der Waals surface area (Å²) in [4.78, 5) is 16.9. The Bertz CT molecular complexity index is 919. The third-order valence-electron chi connectivity index (χ3n) is 5.27. The molecule has 1 amide bonds. The summed E-state index contributed by atoms with van der Waals surface area (Å²) in [6.07, 6.45) is 6.06. The second kappa shape index (κ2) is 7.93. The smallest absolute Gasteiger partial charge is 0.251 e. The van der Waals surface area contributed by atoms with Crippen molar-refractivity contribution in [1.29, 1.82) is 0 Å². The number of rotatable bonds is 6. The number of aliphatic hydroxyl groups is 1. The highest BCUT2D eigenvalue weighted by Gasteiger charge is 2.34. The fourth-order valence-corrected chi connectivity index (χ4v) is 3.84. The Kier molecular flexibility index (Phi) is 5.21. The van der Waals surface area contributed by atoms with Gasteiger partial charge in [-0.05, 0) is 43.9 Å². The van der Waals surface area contributed by atoms with Crippen LogP contribution in [0.1, 0.15) is 30.1 Å². The number of aliphatic hydroxyl groups excluding tert-OH is 1. The lowest BCUT2D eigenvalue weighted by atomic mass is 10.1. The van der Waals surface area contributed by atoms with Gasteiger partial charge in [-0.2, -0.15) is 10.2 Å². The Labute approximate surface area is 163 Å². The zero-order valence-corrected chi connectivity index (χ0v) is 15.8. The van der Waals surface area contributed by atoms with Crippen molar-refractivity contribution >= 4 is 5.91 Å². The lowest BCUT2D eigenvalue weighted by Crippen LogP contribution is -2.39. The van der Waals surface area contributed by atoms with Crippen LogP contribution in [0.2, 0.25) is 0 Å². The Hall–Kier alpha value is -3.00. The summed E-state index contributed by atoms with van der Waals surface area (Å²) in [5, 5.41) is 21.7. The molecule has 8 heteroatoms. The van der Waals surface area contributed by atoms with Gasteiger partial charge in [0, 0.05) is 36.6 Å². The lowest BCUT2D eigenvalue weighted by molar-refractivity contribution is 0.0873. The molecule has 4 rings (SSSR count). The summed E-state index contributed by atoms with van der Waals surface area (Å²) in [6, 6.07) is 8.95. The second-order valence-corrected chi connectivity index (χ2v) is 7.19. The van der Waals surface area contributed by atoms with E-state index in [0.29, 0.717) is 17.9 Å². The predicted octanol–water partition coefficient (Wildman–Crippen LogP) is 1.73. The number of carbonyl (C=O) groups excluding carboxylic acids is 1. The minimum atomic E-state index is -0.535. The Morgan fingerprint density at radius 3 is 2.79 bits per heavy atom. The number of nitrogens with one attached hydrogen (secondary N) is 1. The first-order valence-electron chi connectivity index (χ1n) is 9.58. The van der Waals surface area contributed by atoms with Gasteiger partial charge in [0.15, 0.2) is 5.82 Å². The van der Waals surface area contributed by atoms with Gasteiger partial charge < -0.3 is 10.4 Å². The molecule has 3 aromatic rings. The molecule has 146 valence electrons. The van der Waals surface area contributed by atoms with Gasteiger partial charge in [0.05, 0.1) is 12.1 Å². The summed E-state index contributed by atoms with van der Waals surface area (Å²) >= 11 is 0. The van der Waals surface area contributed by atoms with Crippen LogP contribution < -0.4 is 5.32 Å². The number of hydrogen-bond donors (Lipinski definition) is 2. The van der Waals surface area contributed by atoms with Crippen LogP contribution in [0.4, 0.5) is 0 Å². The van der Waals surface area contributed by atoms with Crippen LogP contribution in [-0.2, 0) is 13.1 Å². The first-order chi connectivity index (χ1) is 13.6. The molecule has 28 heavy (non-hydrogen) atoms. The van der Waals surface area contributed by atoms with Gasteiger partial charge in [-0.25, -0.2) is 9.67 Å². The number of aryl methyl sites for hydroxylation is 1. The molecule has 0 saturated heterocycles. The zero-order valence-electron chi connectivity index (χ0n) is 15.8. The van der Waals surface area contributed by atoms with Crippen LogP contribution in [0.25, 0.3) is 11.4 Å². The van der Waals surface area contributed by atoms with Crippen molar-refractivity contribution in [3.63, 3.8) is 0 Å². The van der Waals surface area contributed by atoms with E-state index in [4.69, 9.17) is 0 Å². The maximum absolute atomic E-state index is 12.6. The minimum absolute atomic E-state index is 0.174. The number of hydrogen-bond acceptors (Lipinski definition) is 5. The van der Waals surface area contributed by atoms with Crippen molar-refractivity contribution in [2.24, 2.45) is 5.92 Å². The molecule has 1 saturated carbocycles. The van der Waals surface area contributed by atoms with Crippen LogP contribution in [-0.4, -0.2) is 47.7 Å². The largest absolute Gasteiger partial charge is 0.391 e. The van der Waals surface area contributed by atoms with Crippen molar-refractivity contribution in [3.05, 3.63) is 54.6 Å². The molecule has 3 atom stereocenters. The second-order valence-electron chi connectivity index (χ2n) is 7.19. The molecular formula is C20H24N6O2. The van der Waals surface area contributed by atoms with E-state index in [-0.39, 0.29) is 11.9 Å². The highest BCUT2D eigenvalue weighted by molar-refractivity contribution is 5.94. The number of aromatic nitrogens is 5. The third kappa shape index (κ3) is 3.82. The molecule has 1 unspecified atom stereocenters. The van der Waals surface area contributed by atoms with E-state index in [9.17, 15) is 9.90 Å². The van der Waals surface area contributed by atoms with Crippen LogP contribution >= 0.6 is 0 Å². The molecular weight excluding hydrogens is 356 g/mol. The van der Waals surface area contributed by atoms with Crippen LogP contribution in [0.3, 0.4) is 0 Å². The van der Waals surface area contributed by atoms with Crippen molar-refractivity contribution in [2.45, 2.75) is 45.0 Å². The molecule has 0 bridgehead atoms. The molecule has 1 aliphatic rings. The van der Waals surface area contributed by atoms with Gasteiger partial charge in [0.25, 0.3) is 5.91 Å². The van der Waals surface area contributed by atoms with E-state index in [1.54, 1.807) is 18.3 Å². The van der Waals surface area contributed by atoms with Crippen molar-refractivity contribution < 1.29 is 9.90 Å². The molecule has 0 radical (unpaired) electrons. The van der Waals surface area contributed by atoms with E-state index in [0.717, 1.165) is 30.9 Å². The maximum atomic E-state index is 12.6. The molecule has 1 fully saturated rings. The molecule has 2 heterocycles. The molecule has 2 N–H and O–H groups in total. The Balaban J connectivity index is 1.38. The van der Waals surface area contributed by atoms with Gasteiger partial charge >= 0.3 is 0 Å². The van der Waals surface area contributed by atoms with Gasteiger partial charge in [0.2, 0.25) is 0 Å². The monoisotopic (exact) mass is 380 g/mol. The van der Waals surface area contributed by atoms with Gasteiger partial charge in [0.1, 0.15) is 6.33 Å². The Morgan fingerprint density at radius 1 is 1.25 bits per heavy atom. The topological polar surface area (TPSA) is 97.9 Å². The van der Waals surface area contributed by atoms with Crippen molar-refractivity contribution in [1.82, 2.24) is 29.9 Å². The van der Waals surface area contributed by atoms with Crippen molar-refractivity contribution in [2.75, 3.05) is 0 Å². The van der Waals surface area contributed by atoms with Crippen LogP contribution in [0.5, 0.6) is 0 Å². The van der Waals surface area contributed by atoms with Crippen LogP contribution in [0, 0.1) is 5.92 Å². The molecule has 1 aromatic carbocycles. The van der Waals surface area contributed by atoms with Crippen molar-refractivity contribution in [3.8, 4) is 11.4 Å².